The van der Waals surface area contributed by atoms with Gasteiger partial charge in [0, 0.05) is 12.8 Å². The van der Waals surface area contributed by atoms with E-state index in [0.29, 0.717) is 12.8 Å². The number of allylic oxidation sites excluding steroid dienone is 14. The van der Waals surface area contributed by atoms with Gasteiger partial charge in [-0.25, -0.2) is 0 Å². The van der Waals surface area contributed by atoms with Crippen LogP contribution >= 0.6 is 0 Å². The maximum atomic E-state index is 12.3. The number of ether oxygens (including phenoxy) is 2. The molecule has 0 heterocycles. The molecule has 0 saturated heterocycles. The van der Waals surface area contributed by atoms with E-state index in [1.54, 1.807) is 0 Å². The third-order valence-corrected chi connectivity index (χ3v) is 15.7. The normalized spacial score (nSPS) is 12.7. The number of aliphatic hydroxyl groups is 1. The number of hydrogen-bond acceptors (Lipinski definition) is 5. The number of rotatable bonds is 65. The third kappa shape index (κ3) is 67.6. The maximum Gasteiger partial charge on any atom is 0.306 e. The van der Waals surface area contributed by atoms with Gasteiger partial charge < -0.3 is 14.6 Å². The highest BCUT2D eigenvalue weighted by Crippen LogP contribution is 2.18. The molecule has 5 heteroatoms. The minimum Gasteiger partial charge on any atom is -0.462 e. The Labute approximate surface area is 498 Å². The minimum atomic E-state index is -0.781. The zero-order valence-electron chi connectivity index (χ0n) is 53.3. The lowest BCUT2D eigenvalue weighted by Gasteiger charge is -2.15. The van der Waals surface area contributed by atoms with Gasteiger partial charge >= 0.3 is 11.9 Å². The Morgan fingerprint density at radius 2 is 0.537 bits per heavy atom. The van der Waals surface area contributed by atoms with Gasteiger partial charge in [0.15, 0.2) is 6.10 Å². The van der Waals surface area contributed by atoms with Gasteiger partial charge in [0.05, 0.1) is 6.61 Å². The molecule has 0 spiro atoms. The summed E-state index contributed by atoms with van der Waals surface area (Å²) < 4.78 is 10.7. The standard InChI is InChI=1S/C75H134O5/c1-3-5-7-9-11-13-15-17-19-21-23-25-27-29-31-32-33-34-35-36-37-38-39-40-41-42-44-45-47-49-51-53-55-57-59-61-63-65-67-69-74(77)79-72-73(71-76)80-75(78)70-68-66-64-62-60-58-56-54-52-50-48-46-43-30-28-26-24-22-20-18-16-14-12-10-8-6-4-2/h6,8,12,14,18,20-21,23-24,26,30,43,48,50,73,76H,3-5,7,9-11,13,15-17,19,22,25,27-29,31-42,44-47,49,51-72H2,1-2H3/b8-6-,14-12-,20-18-,23-21-,26-24-,43-30-,50-48-. The Balaban J connectivity index is 3.42. The number of carbonyl (C=O) groups excluding carboxylic acids is 2. The largest absolute Gasteiger partial charge is 0.462 e. The molecule has 0 aliphatic heterocycles. The average molecular weight is 1120 g/mol. The van der Waals surface area contributed by atoms with Crippen LogP contribution in [0.3, 0.4) is 0 Å². The Morgan fingerprint density at radius 1 is 0.300 bits per heavy atom. The van der Waals surface area contributed by atoms with Crippen molar-refractivity contribution >= 4 is 11.9 Å². The first-order chi connectivity index (χ1) is 39.6. The number of esters is 2. The van der Waals surface area contributed by atoms with Crippen LogP contribution in [0.1, 0.15) is 361 Å². The molecule has 0 aliphatic rings. The van der Waals surface area contributed by atoms with Crippen molar-refractivity contribution in [2.45, 2.75) is 367 Å². The fourth-order valence-corrected chi connectivity index (χ4v) is 10.4. The summed E-state index contributed by atoms with van der Waals surface area (Å²) in [5.74, 6) is -0.589. The fourth-order valence-electron chi connectivity index (χ4n) is 10.4. The number of carbonyl (C=O) groups is 2. The summed E-state index contributed by atoms with van der Waals surface area (Å²) in [4.78, 5) is 24.6. The zero-order chi connectivity index (χ0) is 57.6. The summed E-state index contributed by atoms with van der Waals surface area (Å²) in [5, 5.41) is 9.69. The molecular weight excluding hydrogens is 981 g/mol. The van der Waals surface area contributed by atoms with E-state index < -0.39 is 6.10 Å². The molecular formula is C75H134O5. The van der Waals surface area contributed by atoms with Gasteiger partial charge in [0.2, 0.25) is 0 Å². The summed E-state index contributed by atoms with van der Waals surface area (Å²) in [7, 11) is 0. The lowest BCUT2D eigenvalue weighted by molar-refractivity contribution is -0.161. The molecule has 5 nitrogen and oxygen atoms in total. The van der Waals surface area contributed by atoms with Crippen LogP contribution < -0.4 is 0 Å². The second-order valence-corrected chi connectivity index (χ2v) is 23.6. The highest BCUT2D eigenvalue weighted by atomic mass is 16.6. The van der Waals surface area contributed by atoms with Crippen LogP contribution in [0.4, 0.5) is 0 Å². The van der Waals surface area contributed by atoms with Crippen LogP contribution in [0.5, 0.6) is 0 Å². The van der Waals surface area contributed by atoms with Gasteiger partial charge in [-0.3, -0.25) is 9.59 Å². The molecule has 0 amide bonds. The number of hydrogen-bond donors (Lipinski definition) is 1. The lowest BCUT2D eigenvalue weighted by Crippen LogP contribution is -2.28. The molecule has 464 valence electrons. The first-order valence-corrected chi connectivity index (χ1v) is 35.1. The average Bonchev–Trinajstić information content (AvgIpc) is 3.46. The van der Waals surface area contributed by atoms with Gasteiger partial charge in [0.25, 0.3) is 0 Å². The first kappa shape index (κ1) is 77.1. The molecule has 1 unspecified atom stereocenters. The van der Waals surface area contributed by atoms with Crippen molar-refractivity contribution in [2.24, 2.45) is 0 Å². The topological polar surface area (TPSA) is 72.8 Å². The molecule has 0 fully saturated rings. The van der Waals surface area contributed by atoms with E-state index in [1.165, 1.54) is 250 Å². The highest BCUT2D eigenvalue weighted by molar-refractivity contribution is 5.70. The molecule has 0 bridgehead atoms. The monoisotopic (exact) mass is 1120 g/mol. The third-order valence-electron chi connectivity index (χ3n) is 15.7. The van der Waals surface area contributed by atoms with E-state index in [1.807, 2.05) is 0 Å². The SMILES string of the molecule is CC/C=C\C/C=C\C/C=C\C/C=C\C/C=C\C/C=C\CCCCCCCCCCC(=O)OC(CO)COC(=O)CCCCCCCCCCCCCCCCCCCCCCCCCCCCC/C=C\CCCCCCCCCC. The van der Waals surface area contributed by atoms with Crippen molar-refractivity contribution in [3.05, 3.63) is 85.1 Å². The summed E-state index contributed by atoms with van der Waals surface area (Å²) in [6.07, 6.45) is 99.1. The minimum absolute atomic E-state index is 0.0694. The van der Waals surface area contributed by atoms with Gasteiger partial charge in [-0.2, -0.15) is 0 Å². The van der Waals surface area contributed by atoms with Crippen molar-refractivity contribution in [3.63, 3.8) is 0 Å². The Morgan fingerprint density at radius 3 is 0.825 bits per heavy atom. The van der Waals surface area contributed by atoms with Crippen molar-refractivity contribution in [1.29, 1.82) is 0 Å². The summed E-state index contributed by atoms with van der Waals surface area (Å²) in [6, 6.07) is 0. The molecule has 0 aliphatic carbocycles. The van der Waals surface area contributed by atoms with E-state index in [0.717, 1.165) is 83.5 Å². The molecule has 80 heavy (non-hydrogen) atoms. The van der Waals surface area contributed by atoms with Crippen molar-refractivity contribution in [1.82, 2.24) is 0 Å². The summed E-state index contributed by atoms with van der Waals surface area (Å²) in [6.45, 7) is 4.06. The van der Waals surface area contributed by atoms with E-state index in [-0.39, 0.29) is 25.2 Å². The van der Waals surface area contributed by atoms with Crippen LogP contribution in [0, 0.1) is 0 Å². The summed E-state index contributed by atoms with van der Waals surface area (Å²) in [5.41, 5.74) is 0. The Hall–Kier alpha value is -2.92. The van der Waals surface area contributed by atoms with Crippen molar-refractivity contribution in [3.8, 4) is 0 Å². The maximum absolute atomic E-state index is 12.3. The Bertz CT molecular complexity index is 1450. The lowest BCUT2D eigenvalue weighted by atomic mass is 10.0. The smallest absolute Gasteiger partial charge is 0.306 e. The quantitative estimate of drug-likeness (QED) is 0.0373. The molecule has 0 aromatic carbocycles. The van der Waals surface area contributed by atoms with Crippen molar-refractivity contribution in [2.75, 3.05) is 13.2 Å². The van der Waals surface area contributed by atoms with Crippen molar-refractivity contribution < 1.29 is 24.2 Å². The molecule has 1 N–H and O–H groups in total. The van der Waals surface area contributed by atoms with E-state index in [2.05, 4.69) is 98.9 Å². The van der Waals surface area contributed by atoms with Gasteiger partial charge in [-0.1, -0.05) is 343 Å². The van der Waals surface area contributed by atoms with E-state index >= 15 is 0 Å². The number of unbranched alkanes of at least 4 members (excludes halogenated alkanes) is 43. The molecule has 0 rings (SSSR count). The summed E-state index contributed by atoms with van der Waals surface area (Å²) >= 11 is 0. The molecule has 1 atom stereocenters. The predicted octanol–water partition coefficient (Wildman–Crippen LogP) is 24.4. The second-order valence-electron chi connectivity index (χ2n) is 23.6. The van der Waals surface area contributed by atoms with Crippen LogP contribution in [0.15, 0.2) is 85.1 Å². The molecule has 0 radical (unpaired) electrons. The van der Waals surface area contributed by atoms with Gasteiger partial charge in [0.1, 0.15) is 6.61 Å². The second kappa shape index (κ2) is 70.3. The van der Waals surface area contributed by atoms with Crippen LogP contribution in [-0.2, 0) is 19.1 Å². The molecule has 0 aromatic heterocycles. The zero-order valence-corrected chi connectivity index (χ0v) is 53.3. The highest BCUT2D eigenvalue weighted by Gasteiger charge is 2.16. The molecule has 0 aromatic rings. The van der Waals surface area contributed by atoms with Gasteiger partial charge in [-0.05, 0) is 89.9 Å². The fraction of sp³-hybridized carbons (Fsp3) is 0.787. The van der Waals surface area contributed by atoms with E-state index in [4.69, 9.17) is 9.47 Å². The first-order valence-electron chi connectivity index (χ1n) is 35.1. The van der Waals surface area contributed by atoms with E-state index in [9.17, 15) is 14.7 Å². The van der Waals surface area contributed by atoms with Crippen LogP contribution in [0.25, 0.3) is 0 Å². The van der Waals surface area contributed by atoms with Crippen LogP contribution in [0.2, 0.25) is 0 Å². The Kier molecular flexibility index (Phi) is 67.8. The molecule has 0 saturated carbocycles. The van der Waals surface area contributed by atoms with Crippen LogP contribution in [-0.4, -0.2) is 36.4 Å². The predicted molar refractivity (Wildman–Crippen MR) is 353 cm³/mol. The van der Waals surface area contributed by atoms with Gasteiger partial charge in [-0.15, -0.1) is 0 Å². The number of aliphatic hydroxyl groups excluding tert-OH is 1.